The smallest absolute Gasteiger partial charge is 0.243 e. The fourth-order valence-corrected chi connectivity index (χ4v) is 5.11. The lowest BCUT2D eigenvalue weighted by molar-refractivity contribution is -0.148. The summed E-state index contributed by atoms with van der Waals surface area (Å²) in [4.78, 5) is 21.3. The number of para-hydroxylation sites is 1. The number of nitrogens with zero attached hydrogens (tertiary/aromatic N) is 2. The number of hydrogen-bond acceptors (Lipinski definition) is 3. The van der Waals surface area contributed by atoms with Crippen molar-refractivity contribution in [2.45, 2.75) is 44.7 Å². The summed E-state index contributed by atoms with van der Waals surface area (Å²) in [5.74, 6) is 0.287. The van der Waals surface area contributed by atoms with E-state index in [1.54, 1.807) is 7.11 Å². The molecule has 146 valence electrons. The van der Waals surface area contributed by atoms with Crippen LogP contribution in [0.1, 0.15) is 36.9 Å². The first kappa shape index (κ1) is 18.8. The molecule has 2 aliphatic rings. The number of nitrogens with one attached hydrogen (secondary N) is 1. The quantitative estimate of drug-likeness (QED) is 0.847. The Balaban J connectivity index is 1.61. The number of amides is 1. The Morgan fingerprint density at radius 3 is 2.78 bits per heavy atom. The van der Waals surface area contributed by atoms with E-state index in [2.05, 4.69) is 22.9 Å². The van der Waals surface area contributed by atoms with Crippen molar-refractivity contribution in [3.8, 4) is 0 Å². The molecule has 1 spiro atoms. The molecule has 4 rings (SSSR count). The average molecular weight is 390 g/mol. The number of carbonyl (C=O) groups is 1. The number of aromatic amines is 1. The lowest BCUT2D eigenvalue weighted by Gasteiger charge is -2.44. The number of fused-ring (bicyclic) bond motifs is 1. The van der Waals surface area contributed by atoms with E-state index in [1.807, 2.05) is 17.0 Å². The molecule has 1 atom stereocenters. The number of carbonyl (C=O) groups excluding carboxylic acids is 1. The van der Waals surface area contributed by atoms with Crippen LogP contribution in [0.3, 0.4) is 0 Å². The van der Waals surface area contributed by atoms with Gasteiger partial charge in [0.25, 0.3) is 0 Å². The number of aromatic nitrogens is 1. The van der Waals surface area contributed by atoms with Gasteiger partial charge in [-0.2, -0.15) is 0 Å². The van der Waals surface area contributed by atoms with Gasteiger partial charge in [0, 0.05) is 37.8 Å². The number of ether oxygens (including phenoxy) is 1. The van der Waals surface area contributed by atoms with Crippen LogP contribution in [0.25, 0.3) is 10.9 Å². The molecule has 0 saturated carbocycles. The summed E-state index contributed by atoms with van der Waals surface area (Å²) in [6, 6.07) is 6.01. The summed E-state index contributed by atoms with van der Waals surface area (Å²) < 4.78 is 5.20. The number of methoxy groups -OCH3 is 1. The zero-order valence-electron chi connectivity index (χ0n) is 16.2. The minimum absolute atomic E-state index is 0.287. The number of rotatable bonds is 5. The molecule has 0 radical (unpaired) electrons. The van der Waals surface area contributed by atoms with Gasteiger partial charge in [-0.3, -0.25) is 9.69 Å². The molecule has 2 saturated heterocycles. The highest BCUT2D eigenvalue weighted by Gasteiger charge is 2.50. The van der Waals surface area contributed by atoms with Crippen molar-refractivity contribution in [1.29, 1.82) is 0 Å². The lowest BCUT2D eigenvalue weighted by atomic mass is 9.85. The SMILES string of the molecule is COCCN1CCCC2(CCCN2Cc2[nH]c3c(Cl)cccc3c2C)C1=O. The van der Waals surface area contributed by atoms with Crippen LogP contribution < -0.4 is 0 Å². The first-order valence-corrected chi connectivity index (χ1v) is 10.2. The maximum atomic E-state index is 13.4. The molecule has 27 heavy (non-hydrogen) atoms. The second-order valence-corrected chi connectivity index (χ2v) is 8.24. The highest BCUT2D eigenvalue weighted by Crippen LogP contribution is 2.40. The van der Waals surface area contributed by atoms with Crippen LogP contribution in [0.4, 0.5) is 0 Å². The molecule has 0 bridgehead atoms. The zero-order chi connectivity index (χ0) is 19.0. The molecule has 5 nitrogen and oxygen atoms in total. The topological polar surface area (TPSA) is 48.6 Å². The lowest BCUT2D eigenvalue weighted by Crippen LogP contribution is -2.60. The molecule has 0 aliphatic carbocycles. The Kier molecular flexibility index (Phi) is 5.19. The molecule has 1 aromatic heterocycles. The Labute approximate surface area is 165 Å². The van der Waals surface area contributed by atoms with Gasteiger partial charge in [0.2, 0.25) is 5.91 Å². The van der Waals surface area contributed by atoms with Gasteiger partial charge >= 0.3 is 0 Å². The molecular weight excluding hydrogens is 362 g/mol. The third kappa shape index (κ3) is 3.16. The predicted octanol–water partition coefficient (Wildman–Crippen LogP) is 3.73. The van der Waals surface area contributed by atoms with E-state index in [0.717, 1.165) is 55.9 Å². The van der Waals surface area contributed by atoms with Gasteiger partial charge < -0.3 is 14.6 Å². The van der Waals surface area contributed by atoms with E-state index in [9.17, 15) is 4.79 Å². The van der Waals surface area contributed by atoms with Crippen LogP contribution in [0, 0.1) is 6.92 Å². The molecule has 1 amide bonds. The molecule has 1 N–H and O–H groups in total. The van der Waals surface area contributed by atoms with Gasteiger partial charge in [0.15, 0.2) is 0 Å². The van der Waals surface area contributed by atoms with Crippen LogP contribution in [0.5, 0.6) is 0 Å². The molecule has 3 heterocycles. The average Bonchev–Trinajstić information content (AvgIpc) is 3.20. The maximum absolute atomic E-state index is 13.4. The maximum Gasteiger partial charge on any atom is 0.243 e. The van der Waals surface area contributed by atoms with Crippen molar-refractivity contribution in [2.24, 2.45) is 0 Å². The second kappa shape index (κ2) is 7.46. The van der Waals surface area contributed by atoms with E-state index in [4.69, 9.17) is 16.3 Å². The van der Waals surface area contributed by atoms with Crippen molar-refractivity contribution in [3.63, 3.8) is 0 Å². The number of piperidine rings is 1. The van der Waals surface area contributed by atoms with Gasteiger partial charge in [-0.15, -0.1) is 0 Å². The van der Waals surface area contributed by atoms with Crippen molar-refractivity contribution in [2.75, 3.05) is 33.4 Å². The summed E-state index contributed by atoms with van der Waals surface area (Å²) in [6.07, 6.45) is 4.04. The van der Waals surface area contributed by atoms with Gasteiger partial charge in [-0.05, 0) is 50.8 Å². The number of benzene rings is 1. The van der Waals surface area contributed by atoms with Gasteiger partial charge in [0.05, 0.1) is 17.1 Å². The normalized spacial score (nSPS) is 23.8. The molecular formula is C21H28ClN3O2. The molecule has 1 unspecified atom stereocenters. The highest BCUT2D eigenvalue weighted by molar-refractivity contribution is 6.35. The minimum atomic E-state index is -0.348. The van der Waals surface area contributed by atoms with Crippen molar-refractivity contribution >= 4 is 28.4 Å². The van der Waals surface area contributed by atoms with Gasteiger partial charge in [-0.1, -0.05) is 23.7 Å². The number of H-pyrrole nitrogens is 1. The zero-order valence-corrected chi connectivity index (χ0v) is 16.9. The third-order valence-corrected chi connectivity index (χ3v) is 6.70. The minimum Gasteiger partial charge on any atom is -0.383 e. The van der Waals surface area contributed by atoms with Gasteiger partial charge in [-0.25, -0.2) is 0 Å². The van der Waals surface area contributed by atoms with E-state index in [1.165, 1.54) is 16.6 Å². The molecule has 2 aliphatic heterocycles. The summed E-state index contributed by atoms with van der Waals surface area (Å²) >= 11 is 6.37. The number of likely N-dealkylation sites (tertiary alicyclic amines) is 2. The summed E-state index contributed by atoms with van der Waals surface area (Å²) in [5.41, 5.74) is 3.05. The van der Waals surface area contributed by atoms with Crippen molar-refractivity contribution in [3.05, 3.63) is 34.5 Å². The van der Waals surface area contributed by atoms with Gasteiger partial charge in [0.1, 0.15) is 5.54 Å². The first-order chi connectivity index (χ1) is 13.1. The van der Waals surface area contributed by atoms with E-state index in [-0.39, 0.29) is 11.4 Å². The third-order valence-electron chi connectivity index (χ3n) is 6.39. The van der Waals surface area contributed by atoms with Crippen molar-refractivity contribution < 1.29 is 9.53 Å². The predicted molar refractivity (Wildman–Crippen MR) is 108 cm³/mol. The Hall–Kier alpha value is -1.56. The molecule has 1 aromatic carbocycles. The fraction of sp³-hybridized carbons (Fsp3) is 0.571. The first-order valence-electron chi connectivity index (χ1n) is 9.86. The molecule has 6 heteroatoms. The van der Waals surface area contributed by atoms with E-state index in [0.29, 0.717) is 13.2 Å². The standard InChI is InChI=1S/C21H28ClN3O2/c1-15-16-6-3-7-17(22)19(16)23-18(15)14-25-11-5-9-21(25)8-4-10-24(20(21)26)12-13-27-2/h3,6-7,23H,4-5,8-14H2,1-2H3. The monoisotopic (exact) mass is 389 g/mol. The number of aryl methyl sites for hydroxylation is 1. The Morgan fingerprint density at radius 1 is 1.26 bits per heavy atom. The molecule has 2 fully saturated rings. The summed E-state index contributed by atoms with van der Waals surface area (Å²) in [6.45, 7) is 6.00. The summed E-state index contributed by atoms with van der Waals surface area (Å²) in [5, 5.41) is 1.92. The van der Waals surface area contributed by atoms with Crippen LogP contribution in [-0.2, 0) is 16.1 Å². The largest absolute Gasteiger partial charge is 0.383 e. The second-order valence-electron chi connectivity index (χ2n) is 7.84. The summed E-state index contributed by atoms with van der Waals surface area (Å²) in [7, 11) is 1.69. The number of hydrogen-bond donors (Lipinski definition) is 1. The van der Waals surface area contributed by atoms with E-state index >= 15 is 0 Å². The Morgan fingerprint density at radius 2 is 2.04 bits per heavy atom. The van der Waals surface area contributed by atoms with Crippen LogP contribution in [-0.4, -0.2) is 59.6 Å². The van der Waals surface area contributed by atoms with Crippen LogP contribution in [0.15, 0.2) is 18.2 Å². The molecule has 2 aromatic rings. The fourth-order valence-electron chi connectivity index (χ4n) is 4.89. The van der Waals surface area contributed by atoms with E-state index < -0.39 is 0 Å². The van der Waals surface area contributed by atoms with Crippen LogP contribution >= 0.6 is 11.6 Å². The number of halogens is 1. The highest BCUT2D eigenvalue weighted by atomic mass is 35.5. The Bertz CT molecular complexity index is 849. The van der Waals surface area contributed by atoms with Crippen molar-refractivity contribution in [1.82, 2.24) is 14.8 Å². The van der Waals surface area contributed by atoms with Crippen LogP contribution in [0.2, 0.25) is 5.02 Å².